The average Bonchev–Trinajstić information content (AvgIpc) is 2.80. The van der Waals surface area contributed by atoms with Gasteiger partial charge in [-0.15, -0.1) is 0 Å². The first kappa shape index (κ1) is 12.1. The SMILES string of the molecule is O=S(=O)(CBr)N1CCC(c2ccccc2)C1. The summed E-state index contributed by atoms with van der Waals surface area (Å²) in [6.45, 7) is 1.24. The molecular weight excluding hydrogens is 290 g/mol. The molecule has 1 aliphatic heterocycles. The molecule has 0 bridgehead atoms. The van der Waals surface area contributed by atoms with Crippen molar-refractivity contribution >= 4 is 26.0 Å². The second-order valence-corrected chi connectivity index (χ2v) is 7.25. The van der Waals surface area contributed by atoms with E-state index in [1.807, 2.05) is 18.2 Å². The third kappa shape index (κ3) is 2.47. The molecule has 1 saturated heterocycles. The molecule has 0 amide bonds. The van der Waals surface area contributed by atoms with E-state index in [4.69, 9.17) is 0 Å². The van der Waals surface area contributed by atoms with Crippen LogP contribution in [0, 0.1) is 0 Å². The van der Waals surface area contributed by atoms with Crippen LogP contribution in [0.15, 0.2) is 30.3 Å². The van der Waals surface area contributed by atoms with Crippen molar-refractivity contribution in [3.8, 4) is 0 Å². The number of hydrogen-bond acceptors (Lipinski definition) is 2. The third-order valence-electron chi connectivity index (χ3n) is 2.95. The maximum atomic E-state index is 11.7. The Kier molecular flexibility index (Phi) is 3.66. The zero-order valence-corrected chi connectivity index (χ0v) is 11.2. The van der Waals surface area contributed by atoms with Crippen LogP contribution < -0.4 is 0 Å². The van der Waals surface area contributed by atoms with Crippen LogP contribution in [0.1, 0.15) is 17.9 Å². The fourth-order valence-electron chi connectivity index (χ4n) is 2.05. The summed E-state index contributed by atoms with van der Waals surface area (Å²) >= 11 is 3.03. The lowest BCUT2D eigenvalue weighted by molar-refractivity contribution is 0.477. The summed E-state index contributed by atoms with van der Waals surface area (Å²) < 4.78 is 24.9. The van der Waals surface area contributed by atoms with E-state index in [0.717, 1.165) is 6.42 Å². The molecule has 0 radical (unpaired) electrons. The molecule has 1 atom stereocenters. The first-order valence-electron chi connectivity index (χ1n) is 5.22. The van der Waals surface area contributed by atoms with E-state index in [1.54, 1.807) is 4.31 Å². The summed E-state index contributed by atoms with van der Waals surface area (Å²) in [5.41, 5.74) is 1.23. The molecule has 16 heavy (non-hydrogen) atoms. The van der Waals surface area contributed by atoms with Gasteiger partial charge in [-0.25, -0.2) is 12.7 Å². The van der Waals surface area contributed by atoms with Crippen molar-refractivity contribution in [3.63, 3.8) is 0 Å². The van der Waals surface area contributed by atoms with Crippen LogP contribution in [0.2, 0.25) is 0 Å². The van der Waals surface area contributed by atoms with E-state index in [-0.39, 0.29) is 4.66 Å². The fraction of sp³-hybridized carbons (Fsp3) is 0.455. The minimum atomic E-state index is -3.09. The highest BCUT2D eigenvalue weighted by Gasteiger charge is 2.31. The molecule has 1 fully saturated rings. The monoisotopic (exact) mass is 303 g/mol. The van der Waals surface area contributed by atoms with Crippen LogP contribution in [0.5, 0.6) is 0 Å². The van der Waals surface area contributed by atoms with Crippen LogP contribution in [-0.4, -0.2) is 30.5 Å². The highest BCUT2D eigenvalue weighted by molar-refractivity contribution is 9.10. The summed E-state index contributed by atoms with van der Waals surface area (Å²) in [6.07, 6.45) is 0.913. The van der Waals surface area contributed by atoms with Gasteiger partial charge >= 0.3 is 0 Å². The van der Waals surface area contributed by atoms with Gasteiger partial charge < -0.3 is 0 Å². The maximum absolute atomic E-state index is 11.7. The minimum absolute atomic E-state index is 0.0154. The Bertz CT molecular complexity index is 446. The van der Waals surface area contributed by atoms with E-state index < -0.39 is 10.0 Å². The van der Waals surface area contributed by atoms with Gasteiger partial charge in [-0.1, -0.05) is 46.3 Å². The first-order valence-corrected chi connectivity index (χ1v) is 7.95. The lowest BCUT2D eigenvalue weighted by atomic mass is 9.99. The van der Waals surface area contributed by atoms with Gasteiger partial charge in [-0.3, -0.25) is 0 Å². The van der Waals surface area contributed by atoms with Crippen molar-refractivity contribution in [2.45, 2.75) is 12.3 Å². The lowest BCUT2D eigenvalue weighted by Crippen LogP contribution is -2.29. The topological polar surface area (TPSA) is 37.4 Å². The number of benzene rings is 1. The molecule has 0 aromatic heterocycles. The Balaban J connectivity index is 2.10. The second-order valence-electron chi connectivity index (χ2n) is 3.98. The van der Waals surface area contributed by atoms with E-state index in [2.05, 4.69) is 28.1 Å². The van der Waals surface area contributed by atoms with Crippen molar-refractivity contribution in [2.75, 3.05) is 17.8 Å². The van der Waals surface area contributed by atoms with Gasteiger partial charge in [-0.05, 0) is 17.9 Å². The smallest absolute Gasteiger partial charge is 0.211 e. The van der Waals surface area contributed by atoms with E-state index in [1.165, 1.54) is 5.56 Å². The molecule has 0 aliphatic carbocycles. The van der Waals surface area contributed by atoms with Gasteiger partial charge in [0.25, 0.3) is 0 Å². The Morgan fingerprint density at radius 3 is 2.62 bits per heavy atom. The normalized spacial score (nSPS) is 22.4. The fourth-order valence-corrected chi connectivity index (χ4v) is 3.84. The van der Waals surface area contributed by atoms with E-state index >= 15 is 0 Å². The maximum Gasteiger partial charge on any atom is 0.224 e. The second kappa shape index (κ2) is 4.85. The van der Waals surface area contributed by atoms with Gasteiger partial charge in [0, 0.05) is 13.1 Å². The molecular formula is C11H14BrNO2S. The van der Waals surface area contributed by atoms with Crippen molar-refractivity contribution in [1.82, 2.24) is 4.31 Å². The summed E-state index contributed by atoms with van der Waals surface area (Å²) in [4.78, 5) is 0. The highest BCUT2D eigenvalue weighted by atomic mass is 79.9. The molecule has 1 aromatic carbocycles. The molecule has 2 rings (SSSR count). The van der Waals surface area contributed by atoms with Crippen LogP contribution in [0.25, 0.3) is 0 Å². The predicted octanol–water partition coefficient (Wildman–Crippen LogP) is 2.16. The molecule has 3 nitrogen and oxygen atoms in total. The molecule has 88 valence electrons. The standard InChI is InChI=1S/C11H14BrNO2S/c12-9-16(14,15)13-7-6-11(8-13)10-4-2-1-3-5-10/h1-5,11H,6-9H2. The number of nitrogens with zero attached hydrogens (tertiary/aromatic N) is 1. The number of halogens is 1. The Morgan fingerprint density at radius 1 is 1.31 bits per heavy atom. The Morgan fingerprint density at radius 2 is 2.00 bits per heavy atom. The third-order valence-corrected chi connectivity index (χ3v) is 6.08. The molecule has 1 aliphatic rings. The number of alkyl halides is 1. The molecule has 0 saturated carbocycles. The van der Waals surface area contributed by atoms with Gasteiger partial charge in [0.05, 0.1) is 0 Å². The van der Waals surface area contributed by atoms with Crippen LogP contribution >= 0.6 is 15.9 Å². The molecule has 1 aromatic rings. The molecule has 0 N–H and O–H groups in total. The van der Waals surface area contributed by atoms with Gasteiger partial charge in [-0.2, -0.15) is 0 Å². The zero-order chi connectivity index (χ0) is 11.6. The van der Waals surface area contributed by atoms with Gasteiger partial charge in [0.1, 0.15) is 4.66 Å². The first-order chi connectivity index (χ1) is 7.63. The number of hydrogen-bond donors (Lipinski definition) is 0. The summed E-state index contributed by atoms with van der Waals surface area (Å²) in [5, 5.41) is 0. The number of rotatable bonds is 3. The predicted molar refractivity (Wildman–Crippen MR) is 68.1 cm³/mol. The minimum Gasteiger partial charge on any atom is -0.211 e. The Labute approximate surface area is 105 Å². The van der Waals surface area contributed by atoms with Gasteiger partial charge in [0.2, 0.25) is 10.0 Å². The average molecular weight is 304 g/mol. The summed E-state index contributed by atoms with van der Waals surface area (Å²) in [5.74, 6) is 0.343. The van der Waals surface area contributed by atoms with Crippen molar-refractivity contribution in [3.05, 3.63) is 35.9 Å². The molecule has 1 heterocycles. The zero-order valence-electron chi connectivity index (χ0n) is 8.84. The quantitative estimate of drug-likeness (QED) is 0.803. The number of sulfonamides is 1. The van der Waals surface area contributed by atoms with Gasteiger partial charge in [0.15, 0.2) is 0 Å². The Hall–Kier alpha value is -0.390. The molecule has 1 unspecified atom stereocenters. The van der Waals surface area contributed by atoms with Crippen LogP contribution in [-0.2, 0) is 10.0 Å². The summed E-state index contributed by atoms with van der Waals surface area (Å²) in [6, 6.07) is 10.1. The van der Waals surface area contributed by atoms with Crippen LogP contribution in [0.4, 0.5) is 0 Å². The van der Waals surface area contributed by atoms with E-state index in [9.17, 15) is 8.42 Å². The largest absolute Gasteiger partial charge is 0.224 e. The lowest BCUT2D eigenvalue weighted by Gasteiger charge is -2.14. The highest BCUT2D eigenvalue weighted by Crippen LogP contribution is 2.28. The molecule has 5 heteroatoms. The van der Waals surface area contributed by atoms with Crippen molar-refractivity contribution < 1.29 is 8.42 Å². The van der Waals surface area contributed by atoms with Crippen LogP contribution in [0.3, 0.4) is 0 Å². The summed E-state index contributed by atoms with van der Waals surface area (Å²) in [7, 11) is -3.09. The van der Waals surface area contributed by atoms with Crippen molar-refractivity contribution in [2.24, 2.45) is 0 Å². The van der Waals surface area contributed by atoms with E-state index in [0.29, 0.717) is 19.0 Å². The van der Waals surface area contributed by atoms with Crippen molar-refractivity contribution in [1.29, 1.82) is 0 Å². The molecule has 0 spiro atoms.